The summed E-state index contributed by atoms with van der Waals surface area (Å²) >= 11 is 0. The van der Waals surface area contributed by atoms with E-state index in [0.29, 0.717) is 23.7 Å². The zero-order valence-corrected chi connectivity index (χ0v) is 17.5. The maximum atomic E-state index is 13.1. The van der Waals surface area contributed by atoms with E-state index in [1.807, 2.05) is 44.2 Å². The van der Waals surface area contributed by atoms with Gasteiger partial charge in [-0.15, -0.1) is 0 Å². The van der Waals surface area contributed by atoms with Crippen LogP contribution in [0.3, 0.4) is 0 Å². The van der Waals surface area contributed by atoms with Crippen molar-refractivity contribution >= 4 is 10.0 Å². The van der Waals surface area contributed by atoms with Crippen LogP contribution in [0.15, 0.2) is 53.6 Å². The van der Waals surface area contributed by atoms with Crippen LogP contribution in [0.1, 0.15) is 22.4 Å². The molecule has 0 saturated heterocycles. The molecule has 0 N–H and O–H groups in total. The summed E-state index contributed by atoms with van der Waals surface area (Å²) < 4.78 is 32.9. The number of aromatic nitrogens is 2. The minimum atomic E-state index is -3.55. The summed E-state index contributed by atoms with van der Waals surface area (Å²) in [5.74, 6) is 1.41. The molecule has 1 aliphatic rings. The molecular weight excluding hydrogens is 386 g/mol. The molecule has 0 bridgehead atoms. The van der Waals surface area contributed by atoms with Gasteiger partial charge in [0.1, 0.15) is 5.75 Å². The second-order valence-corrected chi connectivity index (χ2v) is 9.17. The summed E-state index contributed by atoms with van der Waals surface area (Å²) in [5, 5.41) is 0. The number of ether oxygens (including phenoxy) is 1. The molecule has 0 saturated carbocycles. The fourth-order valence-corrected chi connectivity index (χ4v) is 4.90. The van der Waals surface area contributed by atoms with Gasteiger partial charge in [-0.1, -0.05) is 6.07 Å². The van der Waals surface area contributed by atoms with Gasteiger partial charge in [0, 0.05) is 36.8 Å². The monoisotopic (exact) mass is 409 g/mol. The van der Waals surface area contributed by atoms with Crippen LogP contribution in [0.4, 0.5) is 0 Å². The van der Waals surface area contributed by atoms with Gasteiger partial charge >= 0.3 is 0 Å². The van der Waals surface area contributed by atoms with Crippen molar-refractivity contribution in [1.29, 1.82) is 0 Å². The molecule has 0 atom stereocenters. The van der Waals surface area contributed by atoms with Crippen LogP contribution in [0.2, 0.25) is 0 Å². The van der Waals surface area contributed by atoms with E-state index in [1.165, 1.54) is 4.31 Å². The highest BCUT2D eigenvalue weighted by Gasteiger charge is 2.29. The first-order valence-electron chi connectivity index (χ1n) is 9.45. The van der Waals surface area contributed by atoms with E-state index >= 15 is 0 Å². The molecule has 1 aliphatic heterocycles. The minimum Gasteiger partial charge on any atom is -0.497 e. The summed E-state index contributed by atoms with van der Waals surface area (Å²) in [5.41, 5.74) is 4.69. The fourth-order valence-electron chi connectivity index (χ4n) is 3.40. The van der Waals surface area contributed by atoms with Gasteiger partial charge in [0.05, 0.1) is 17.7 Å². The van der Waals surface area contributed by atoms with Crippen LogP contribution >= 0.6 is 0 Å². The van der Waals surface area contributed by atoms with Gasteiger partial charge in [-0.05, 0) is 61.4 Å². The third-order valence-corrected chi connectivity index (χ3v) is 7.20. The number of hydrogen-bond acceptors (Lipinski definition) is 5. The van der Waals surface area contributed by atoms with Crippen LogP contribution in [-0.2, 0) is 23.0 Å². The van der Waals surface area contributed by atoms with Gasteiger partial charge in [-0.3, -0.25) is 0 Å². The van der Waals surface area contributed by atoms with E-state index in [-0.39, 0.29) is 6.54 Å². The number of methoxy groups -OCH3 is 1. The number of benzene rings is 2. The number of fused-ring (bicyclic) bond motifs is 1. The number of sulfonamides is 1. The summed E-state index contributed by atoms with van der Waals surface area (Å²) in [4.78, 5) is 9.47. The highest BCUT2D eigenvalue weighted by molar-refractivity contribution is 7.89. The van der Waals surface area contributed by atoms with E-state index in [4.69, 9.17) is 4.74 Å². The smallest absolute Gasteiger partial charge is 0.243 e. The molecule has 4 rings (SSSR count). The molecule has 6 nitrogen and oxygen atoms in total. The average molecular weight is 410 g/mol. The van der Waals surface area contributed by atoms with Crippen molar-refractivity contribution in [3.63, 3.8) is 0 Å². The van der Waals surface area contributed by atoms with Crippen LogP contribution in [0.25, 0.3) is 11.4 Å². The lowest BCUT2D eigenvalue weighted by Crippen LogP contribution is -2.36. The molecule has 1 aromatic heterocycles. The Labute approximate surface area is 171 Å². The van der Waals surface area contributed by atoms with Crippen molar-refractivity contribution in [3.8, 4) is 17.1 Å². The Morgan fingerprint density at radius 2 is 1.79 bits per heavy atom. The summed E-state index contributed by atoms with van der Waals surface area (Å²) in [6.07, 6.45) is 2.30. The molecule has 0 fully saturated rings. The van der Waals surface area contributed by atoms with E-state index in [0.717, 1.165) is 33.7 Å². The quantitative estimate of drug-likeness (QED) is 0.659. The molecule has 2 aromatic carbocycles. The number of hydrogen-bond donors (Lipinski definition) is 0. The molecule has 29 heavy (non-hydrogen) atoms. The third kappa shape index (κ3) is 3.75. The topological polar surface area (TPSA) is 72.4 Å². The van der Waals surface area contributed by atoms with Gasteiger partial charge in [-0.25, -0.2) is 18.4 Å². The minimum absolute atomic E-state index is 0.285. The van der Waals surface area contributed by atoms with E-state index in [2.05, 4.69) is 9.97 Å². The highest BCUT2D eigenvalue weighted by Crippen LogP contribution is 2.27. The first-order valence-corrected chi connectivity index (χ1v) is 10.9. The summed E-state index contributed by atoms with van der Waals surface area (Å²) in [7, 11) is -1.92. The zero-order chi connectivity index (χ0) is 20.6. The Morgan fingerprint density at radius 3 is 2.48 bits per heavy atom. The van der Waals surface area contributed by atoms with Crippen molar-refractivity contribution in [2.75, 3.05) is 13.7 Å². The van der Waals surface area contributed by atoms with E-state index in [9.17, 15) is 8.42 Å². The SMILES string of the molecule is COc1ccc(-c2ncc3c(n2)CCN(S(=O)(=O)c2ccc(C)c(C)c2)C3)cc1. The van der Waals surface area contributed by atoms with Crippen molar-refractivity contribution < 1.29 is 13.2 Å². The number of aryl methyl sites for hydroxylation is 2. The lowest BCUT2D eigenvalue weighted by atomic mass is 10.1. The Balaban J connectivity index is 1.59. The van der Waals surface area contributed by atoms with Crippen LogP contribution in [-0.4, -0.2) is 36.3 Å². The summed E-state index contributed by atoms with van der Waals surface area (Å²) in [6.45, 7) is 4.59. The van der Waals surface area contributed by atoms with Gasteiger partial charge in [0.15, 0.2) is 5.82 Å². The number of nitrogens with zero attached hydrogens (tertiary/aromatic N) is 3. The van der Waals surface area contributed by atoms with Gasteiger partial charge < -0.3 is 4.74 Å². The Hall–Kier alpha value is -2.77. The van der Waals surface area contributed by atoms with Crippen LogP contribution in [0, 0.1) is 13.8 Å². The van der Waals surface area contributed by atoms with Gasteiger partial charge in [0.25, 0.3) is 0 Å². The molecule has 0 radical (unpaired) electrons. The highest BCUT2D eigenvalue weighted by atomic mass is 32.2. The largest absolute Gasteiger partial charge is 0.497 e. The molecule has 7 heteroatoms. The number of rotatable bonds is 4. The zero-order valence-electron chi connectivity index (χ0n) is 16.7. The second-order valence-electron chi connectivity index (χ2n) is 7.23. The fraction of sp³-hybridized carbons (Fsp3) is 0.273. The Morgan fingerprint density at radius 1 is 1.03 bits per heavy atom. The lowest BCUT2D eigenvalue weighted by molar-refractivity contribution is 0.387. The summed E-state index contributed by atoms with van der Waals surface area (Å²) in [6, 6.07) is 12.8. The predicted octanol–water partition coefficient (Wildman–Crippen LogP) is 3.52. The van der Waals surface area contributed by atoms with Crippen molar-refractivity contribution in [1.82, 2.24) is 14.3 Å². The van der Waals surface area contributed by atoms with E-state index < -0.39 is 10.0 Å². The van der Waals surface area contributed by atoms with Crippen molar-refractivity contribution in [2.24, 2.45) is 0 Å². The Kier molecular flexibility index (Phi) is 5.10. The predicted molar refractivity (Wildman–Crippen MR) is 111 cm³/mol. The maximum absolute atomic E-state index is 13.1. The van der Waals surface area contributed by atoms with Crippen LogP contribution < -0.4 is 4.74 Å². The molecular formula is C22H23N3O3S. The third-order valence-electron chi connectivity index (χ3n) is 5.36. The lowest BCUT2D eigenvalue weighted by Gasteiger charge is -2.27. The van der Waals surface area contributed by atoms with Crippen LogP contribution in [0.5, 0.6) is 5.75 Å². The van der Waals surface area contributed by atoms with Gasteiger partial charge in [-0.2, -0.15) is 4.31 Å². The second kappa shape index (κ2) is 7.57. The first-order chi connectivity index (χ1) is 13.9. The van der Waals surface area contributed by atoms with Gasteiger partial charge in [0.2, 0.25) is 10.0 Å². The van der Waals surface area contributed by atoms with E-state index in [1.54, 1.807) is 25.4 Å². The van der Waals surface area contributed by atoms with Crippen molar-refractivity contribution in [2.45, 2.75) is 31.7 Å². The van der Waals surface area contributed by atoms with Crippen molar-refractivity contribution in [3.05, 3.63) is 71.0 Å². The first kappa shape index (κ1) is 19.5. The molecule has 3 aromatic rings. The standard InChI is InChI=1S/C22H23N3O3S/c1-15-4-9-20(12-16(15)2)29(26,27)25-11-10-21-18(14-25)13-23-22(24-21)17-5-7-19(28-3)8-6-17/h4-9,12-13H,10-11,14H2,1-3H3. The molecule has 150 valence electrons. The molecule has 2 heterocycles. The molecule has 0 spiro atoms. The molecule has 0 unspecified atom stereocenters. The molecule has 0 amide bonds. The average Bonchev–Trinajstić information content (AvgIpc) is 2.75. The maximum Gasteiger partial charge on any atom is 0.243 e. The Bertz CT molecular complexity index is 1160. The molecule has 0 aliphatic carbocycles. The normalized spacial score (nSPS) is 14.4.